The van der Waals surface area contributed by atoms with Gasteiger partial charge in [-0.1, -0.05) is 13.8 Å². The number of carbonyl (C=O) groups is 1. The van der Waals surface area contributed by atoms with E-state index in [0.717, 1.165) is 36.9 Å². The highest BCUT2D eigenvalue weighted by Gasteiger charge is 2.21. The van der Waals surface area contributed by atoms with Crippen LogP contribution in [-0.4, -0.2) is 33.4 Å². The molecule has 0 radical (unpaired) electrons. The number of urea groups is 1. The van der Waals surface area contributed by atoms with Crippen LogP contribution in [0.2, 0.25) is 0 Å². The fourth-order valence-electron chi connectivity index (χ4n) is 3.60. The molecule has 6 heteroatoms. The predicted molar refractivity (Wildman–Crippen MR) is 103 cm³/mol. The summed E-state index contributed by atoms with van der Waals surface area (Å²) in [6, 6.07) is 4.19. The first kappa shape index (κ1) is 18.4. The Bertz CT molecular complexity index is 721. The number of amides is 2. The molecule has 2 N–H and O–H groups in total. The Kier molecular flexibility index (Phi) is 6.26. The smallest absolute Gasteiger partial charge is 0.315 e. The van der Waals surface area contributed by atoms with Crippen molar-refractivity contribution in [3.63, 3.8) is 0 Å². The molecule has 1 aliphatic carbocycles. The van der Waals surface area contributed by atoms with E-state index in [9.17, 15) is 4.79 Å². The molecule has 26 heavy (non-hydrogen) atoms. The average Bonchev–Trinajstić information content (AvgIpc) is 3.06. The van der Waals surface area contributed by atoms with E-state index in [-0.39, 0.29) is 12.1 Å². The molecule has 0 saturated heterocycles. The first-order chi connectivity index (χ1) is 12.7. The number of pyridine rings is 1. The summed E-state index contributed by atoms with van der Waals surface area (Å²) in [6.07, 6.45) is 10.1. The number of nitrogens with one attached hydrogen (secondary N) is 2. The summed E-state index contributed by atoms with van der Waals surface area (Å²) in [6.45, 7) is 5.45. The summed E-state index contributed by atoms with van der Waals surface area (Å²) in [5.41, 5.74) is 4.88. The monoisotopic (exact) mass is 355 g/mol. The van der Waals surface area contributed by atoms with E-state index in [4.69, 9.17) is 5.10 Å². The minimum atomic E-state index is -0.0888. The number of fused-ring (bicyclic) bond motifs is 1. The number of nitrogens with zero attached hydrogens (tertiary/aromatic N) is 3. The number of rotatable bonds is 7. The van der Waals surface area contributed by atoms with Gasteiger partial charge in [0.1, 0.15) is 0 Å². The SMILES string of the molecule is CCC(CC)NC(=O)NCCn1nc(-c2ccncc2)c2c1CCCC2. The zero-order valence-electron chi connectivity index (χ0n) is 15.8. The van der Waals surface area contributed by atoms with Crippen molar-refractivity contribution in [2.75, 3.05) is 6.54 Å². The predicted octanol–water partition coefficient (Wildman–Crippen LogP) is 3.31. The Labute approximate surface area is 155 Å². The Morgan fingerprint density at radius 1 is 1.19 bits per heavy atom. The molecule has 2 aromatic heterocycles. The highest BCUT2D eigenvalue weighted by molar-refractivity contribution is 5.74. The van der Waals surface area contributed by atoms with Gasteiger partial charge in [-0.25, -0.2) is 4.79 Å². The van der Waals surface area contributed by atoms with E-state index >= 15 is 0 Å². The van der Waals surface area contributed by atoms with E-state index < -0.39 is 0 Å². The molecule has 2 heterocycles. The van der Waals surface area contributed by atoms with Gasteiger partial charge in [0.05, 0.1) is 12.2 Å². The van der Waals surface area contributed by atoms with Gasteiger partial charge in [0.15, 0.2) is 0 Å². The van der Waals surface area contributed by atoms with Crippen LogP contribution >= 0.6 is 0 Å². The van der Waals surface area contributed by atoms with Gasteiger partial charge in [-0.05, 0) is 50.7 Å². The summed E-state index contributed by atoms with van der Waals surface area (Å²) in [7, 11) is 0. The second kappa shape index (κ2) is 8.83. The topological polar surface area (TPSA) is 71.8 Å². The molecule has 2 amide bonds. The van der Waals surface area contributed by atoms with Crippen molar-refractivity contribution in [3.05, 3.63) is 35.8 Å². The molecule has 6 nitrogen and oxygen atoms in total. The Morgan fingerprint density at radius 2 is 1.92 bits per heavy atom. The van der Waals surface area contributed by atoms with E-state index in [0.29, 0.717) is 13.1 Å². The molecular weight excluding hydrogens is 326 g/mol. The molecule has 140 valence electrons. The summed E-state index contributed by atoms with van der Waals surface area (Å²) in [5, 5.41) is 10.8. The molecule has 0 spiro atoms. The molecule has 0 unspecified atom stereocenters. The number of hydrogen-bond donors (Lipinski definition) is 2. The van der Waals surface area contributed by atoms with Crippen LogP contribution in [0, 0.1) is 0 Å². The van der Waals surface area contributed by atoms with Crippen molar-refractivity contribution in [2.24, 2.45) is 0 Å². The summed E-state index contributed by atoms with van der Waals surface area (Å²) in [5.74, 6) is 0. The normalized spacial score (nSPS) is 13.5. The Hall–Kier alpha value is -2.37. The molecular formula is C20H29N5O. The van der Waals surface area contributed by atoms with E-state index in [1.165, 1.54) is 24.1 Å². The van der Waals surface area contributed by atoms with Gasteiger partial charge in [-0.2, -0.15) is 5.10 Å². The first-order valence-electron chi connectivity index (χ1n) is 9.76. The second-order valence-electron chi connectivity index (χ2n) is 6.85. The van der Waals surface area contributed by atoms with Crippen molar-refractivity contribution < 1.29 is 4.79 Å². The van der Waals surface area contributed by atoms with Gasteiger partial charge in [0.2, 0.25) is 0 Å². The molecule has 0 bridgehead atoms. The third-order valence-electron chi connectivity index (χ3n) is 5.14. The Balaban J connectivity index is 1.67. The van der Waals surface area contributed by atoms with Gasteiger partial charge in [0, 0.05) is 41.8 Å². The van der Waals surface area contributed by atoms with Crippen LogP contribution in [0.3, 0.4) is 0 Å². The molecule has 0 aromatic carbocycles. The molecule has 3 rings (SSSR count). The van der Waals surface area contributed by atoms with Crippen LogP contribution in [0.1, 0.15) is 50.8 Å². The fraction of sp³-hybridized carbons (Fsp3) is 0.550. The van der Waals surface area contributed by atoms with Crippen molar-refractivity contribution >= 4 is 6.03 Å². The standard InChI is InChI=1S/C20H29N5O/c1-3-16(4-2)23-20(26)22-13-14-25-18-8-6-5-7-17(18)19(24-25)15-9-11-21-12-10-15/h9-12,16H,3-8,13-14H2,1-2H3,(H2,22,23,26). The highest BCUT2D eigenvalue weighted by Crippen LogP contribution is 2.30. The maximum atomic E-state index is 12.0. The number of hydrogen-bond acceptors (Lipinski definition) is 3. The van der Waals surface area contributed by atoms with Crippen molar-refractivity contribution in [2.45, 2.75) is 65.0 Å². The zero-order chi connectivity index (χ0) is 18.4. The second-order valence-corrected chi connectivity index (χ2v) is 6.85. The van der Waals surface area contributed by atoms with E-state index in [2.05, 4.69) is 34.1 Å². The lowest BCUT2D eigenvalue weighted by Gasteiger charge is -2.16. The molecule has 0 fully saturated rings. The third-order valence-corrected chi connectivity index (χ3v) is 5.14. The van der Waals surface area contributed by atoms with Crippen molar-refractivity contribution in [1.82, 2.24) is 25.4 Å². The van der Waals surface area contributed by atoms with Gasteiger partial charge >= 0.3 is 6.03 Å². The van der Waals surface area contributed by atoms with Crippen molar-refractivity contribution in [1.29, 1.82) is 0 Å². The highest BCUT2D eigenvalue weighted by atomic mass is 16.2. The zero-order valence-corrected chi connectivity index (χ0v) is 15.8. The third kappa shape index (κ3) is 4.23. The van der Waals surface area contributed by atoms with E-state index in [1.807, 2.05) is 24.5 Å². The van der Waals surface area contributed by atoms with Gasteiger partial charge in [-0.15, -0.1) is 0 Å². The van der Waals surface area contributed by atoms with Gasteiger partial charge in [-0.3, -0.25) is 9.67 Å². The molecule has 0 atom stereocenters. The van der Waals surface area contributed by atoms with Crippen LogP contribution in [0.25, 0.3) is 11.3 Å². The lowest BCUT2D eigenvalue weighted by Crippen LogP contribution is -2.42. The lowest BCUT2D eigenvalue weighted by molar-refractivity contribution is 0.235. The largest absolute Gasteiger partial charge is 0.336 e. The average molecular weight is 355 g/mol. The maximum absolute atomic E-state index is 12.0. The molecule has 2 aromatic rings. The van der Waals surface area contributed by atoms with Crippen LogP contribution in [0.4, 0.5) is 4.79 Å². The summed E-state index contributed by atoms with van der Waals surface area (Å²) < 4.78 is 2.08. The number of carbonyl (C=O) groups excluding carboxylic acids is 1. The fourth-order valence-corrected chi connectivity index (χ4v) is 3.60. The van der Waals surface area contributed by atoms with Crippen LogP contribution in [0.5, 0.6) is 0 Å². The van der Waals surface area contributed by atoms with E-state index in [1.54, 1.807) is 0 Å². The molecule has 0 aliphatic heterocycles. The van der Waals surface area contributed by atoms with Crippen LogP contribution in [0.15, 0.2) is 24.5 Å². The number of aromatic nitrogens is 3. The minimum absolute atomic E-state index is 0.0888. The molecule has 1 aliphatic rings. The van der Waals surface area contributed by atoms with Crippen LogP contribution in [-0.2, 0) is 19.4 Å². The Morgan fingerprint density at radius 3 is 2.65 bits per heavy atom. The van der Waals surface area contributed by atoms with Gasteiger partial charge in [0.25, 0.3) is 0 Å². The summed E-state index contributed by atoms with van der Waals surface area (Å²) in [4.78, 5) is 16.1. The summed E-state index contributed by atoms with van der Waals surface area (Å²) >= 11 is 0. The molecule has 0 saturated carbocycles. The van der Waals surface area contributed by atoms with Crippen molar-refractivity contribution in [3.8, 4) is 11.3 Å². The van der Waals surface area contributed by atoms with Crippen LogP contribution < -0.4 is 10.6 Å². The van der Waals surface area contributed by atoms with Gasteiger partial charge < -0.3 is 10.6 Å². The lowest BCUT2D eigenvalue weighted by atomic mass is 9.94. The maximum Gasteiger partial charge on any atom is 0.315 e. The first-order valence-corrected chi connectivity index (χ1v) is 9.76. The quantitative estimate of drug-likeness (QED) is 0.800. The minimum Gasteiger partial charge on any atom is -0.336 e.